The van der Waals surface area contributed by atoms with E-state index in [0.717, 1.165) is 19.3 Å². The molecule has 1 N–H and O–H groups in total. The molecule has 42 heavy (non-hydrogen) atoms. The number of hydrogen-bond donors (Lipinski definition) is 1. The van der Waals surface area contributed by atoms with Crippen LogP contribution in [0.25, 0.3) is 0 Å². The highest BCUT2D eigenvalue weighted by Gasteiger charge is 2.77. The minimum absolute atomic E-state index is 0.0260. The zero-order valence-corrected chi connectivity index (χ0v) is 25.1. The fourth-order valence-electron chi connectivity index (χ4n) is 9.37. The highest BCUT2D eigenvalue weighted by molar-refractivity contribution is 7.86. The van der Waals surface area contributed by atoms with Crippen molar-refractivity contribution in [2.75, 3.05) is 0 Å². The van der Waals surface area contributed by atoms with Crippen molar-refractivity contribution in [3.63, 3.8) is 0 Å². The molecule has 5 unspecified atom stereocenters. The predicted octanol–water partition coefficient (Wildman–Crippen LogP) is 4.30. The zero-order chi connectivity index (χ0) is 29.9. The van der Waals surface area contributed by atoms with Gasteiger partial charge in [-0.2, -0.15) is 8.42 Å². The number of carbonyl (C=O) groups excluding carboxylic acids is 3. The van der Waals surface area contributed by atoms with Crippen LogP contribution in [0.5, 0.6) is 5.75 Å². The van der Waals surface area contributed by atoms with Gasteiger partial charge in [-0.25, -0.2) is 0 Å². The molecule has 1 aromatic carbocycles. The molecule has 6 bridgehead atoms. The summed E-state index contributed by atoms with van der Waals surface area (Å²) in [7, 11) is -4.55. The molecule has 1 aromatic rings. The van der Waals surface area contributed by atoms with Crippen molar-refractivity contribution in [2.24, 2.45) is 28.6 Å². The van der Waals surface area contributed by atoms with Crippen LogP contribution in [0.1, 0.15) is 95.6 Å². The van der Waals surface area contributed by atoms with Gasteiger partial charge in [-0.3, -0.25) is 18.9 Å². The Kier molecular flexibility index (Phi) is 6.23. The summed E-state index contributed by atoms with van der Waals surface area (Å²) in [5.74, 6) is -0.668. The van der Waals surface area contributed by atoms with Crippen LogP contribution < -0.4 is 4.74 Å². The lowest BCUT2D eigenvalue weighted by Gasteiger charge is -2.55. The van der Waals surface area contributed by atoms with E-state index in [1.54, 1.807) is 27.7 Å². The van der Waals surface area contributed by atoms with Crippen LogP contribution in [-0.2, 0) is 38.7 Å². The highest BCUT2D eigenvalue weighted by Crippen LogP contribution is 2.61. The Balaban J connectivity index is 1.12. The van der Waals surface area contributed by atoms with E-state index in [1.165, 1.54) is 31.4 Å². The van der Waals surface area contributed by atoms with Crippen molar-refractivity contribution in [3.05, 3.63) is 23.3 Å². The van der Waals surface area contributed by atoms with Gasteiger partial charge in [-0.1, -0.05) is 27.7 Å². The van der Waals surface area contributed by atoms with E-state index in [2.05, 4.69) is 0 Å². The van der Waals surface area contributed by atoms with E-state index < -0.39 is 57.3 Å². The molecule has 10 nitrogen and oxygen atoms in total. The molecule has 4 aliphatic carbocycles. The number of esters is 3. The van der Waals surface area contributed by atoms with Gasteiger partial charge in [0.2, 0.25) is 0 Å². The van der Waals surface area contributed by atoms with E-state index in [4.69, 9.17) is 18.9 Å². The number of rotatable bonds is 7. The summed E-state index contributed by atoms with van der Waals surface area (Å²) in [4.78, 5) is 40.4. The van der Waals surface area contributed by atoms with Gasteiger partial charge < -0.3 is 18.9 Å². The van der Waals surface area contributed by atoms with Crippen LogP contribution in [-0.4, -0.2) is 55.3 Å². The van der Waals surface area contributed by atoms with E-state index in [-0.39, 0.29) is 34.9 Å². The largest absolute Gasteiger partial charge is 0.455 e. The lowest BCUT2D eigenvalue weighted by molar-refractivity contribution is -0.184. The third-order valence-electron chi connectivity index (χ3n) is 10.8. The maximum Gasteiger partial charge on any atom is 0.331 e. The van der Waals surface area contributed by atoms with Gasteiger partial charge in [0, 0.05) is 6.42 Å². The van der Waals surface area contributed by atoms with Crippen LogP contribution in [0.4, 0.5) is 0 Å². The van der Waals surface area contributed by atoms with Gasteiger partial charge >= 0.3 is 17.9 Å². The summed E-state index contributed by atoms with van der Waals surface area (Å²) in [6, 6.07) is 2.83. The minimum Gasteiger partial charge on any atom is -0.455 e. The molecule has 3 heterocycles. The Morgan fingerprint density at radius 3 is 1.98 bits per heavy atom. The van der Waals surface area contributed by atoms with E-state index in [0.29, 0.717) is 28.9 Å². The fourth-order valence-corrected chi connectivity index (χ4v) is 10.6. The van der Waals surface area contributed by atoms with Gasteiger partial charge in [-0.05, 0) is 91.4 Å². The van der Waals surface area contributed by atoms with Crippen molar-refractivity contribution in [2.45, 2.75) is 114 Å². The normalized spacial score (nSPS) is 39.3. The van der Waals surface area contributed by atoms with Crippen LogP contribution >= 0.6 is 0 Å². The SMILES string of the molecule is CC(C)c1cc(OC(=O)C23CC4OC2C(OC3=O)C4OC(=O)C23CC4CC(CC(C4)C2)C3)cc(C(C)C)c1S(=O)(=O)O. The molecule has 0 aromatic heterocycles. The van der Waals surface area contributed by atoms with Crippen molar-refractivity contribution >= 4 is 28.0 Å². The molecule has 11 heteroatoms. The number of hydrogen-bond acceptors (Lipinski definition) is 9. The van der Waals surface area contributed by atoms with Gasteiger partial charge in [0.05, 0.1) is 5.41 Å². The van der Waals surface area contributed by atoms with Crippen molar-refractivity contribution in [3.8, 4) is 5.75 Å². The average Bonchev–Trinajstić information content (AvgIpc) is 3.49. The number of fused-ring (bicyclic) bond motifs is 1. The molecule has 3 aliphatic heterocycles. The Morgan fingerprint density at radius 2 is 1.48 bits per heavy atom. The van der Waals surface area contributed by atoms with Crippen LogP contribution in [0.2, 0.25) is 0 Å². The predicted molar refractivity (Wildman–Crippen MR) is 146 cm³/mol. The van der Waals surface area contributed by atoms with Gasteiger partial charge in [0.1, 0.15) is 22.9 Å². The topological polar surface area (TPSA) is 142 Å². The first-order valence-electron chi connectivity index (χ1n) is 15.2. The standard InChI is InChI=1S/C31H38O10S/c1-14(2)20-8-19(9-21(15(3)4)25(20)42(35,36)37)38-28(33)31-13-22-23(24(26(31)39-22)41-29(31)34)40-27(32)30-10-16-5-17(11-30)7-18(6-16)12-30/h8-9,14-18,22-24,26H,5-7,10-13H2,1-4H3,(H,35,36,37). The zero-order valence-electron chi connectivity index (χ0n) is 24.3. The van der Waals surface area contributed by atoms with Crippen molar-refractivity contribution in [1.29, 1.82) is 0 Å². The van der Waals surface area contributed by atoms with Crippen molar-refractivity contribution < 1.29 is 46.3 Å². The summed E-state index contributed by atoms with van der Waals surface area (Å²) < 4.78 is 58.1. The lowest BCUT2D eigenvalue weighted by atomic mass is 9.49. The summed E-state index contributed by atoms with van der Waals surface area (Å²) in [5, 5.41) is 0. The maximum atomic E-state index is 13.7. The van der Waals surface area contributed by atoms with E-state index in [1.807, 2.05) is 0 Å². The van der Waals surface area contributed by atoms with Gasteiger partial charge in [0.15, 0.2) is 17.6 Å². The quantitative estimate of drug-likeness (QED) is 0.208. The van der Waals surface area contributed by atoms with E-state index >= 15 is 0 Å². The lowest BCUT2D eigenvalue weighted by Crippen LogP contribution is -2.54. The first kappa shape index (κ1) is 28.3. The number of ether oxygens (including phenoxy) is 4. The Bertz CT molecular complexity index is 1410. The molecular weight excluding hydrogens is 564 g/mol. The summed E-state index contributed by atoms with van der Waals surface area (Å²) in [6.45, 7) is 7.08. The summed E-state index contributed by atoms with van der Waals surface area (Å²) in [5.41, 5.74) is -1.56. The first-order valence-corrected chi connectivity index (χ1v) is 16.6. The second-order valence-corrected chi connectivity index (χ2v) is 15.7. The fraction of sp³-hybridized carbons (Fsp3) is 0.710. The molecule has 7 fully saturated rings. The average molecular weight is 603 g/mol. The molecule has 8 rings (SSSR count). The summed E-state index contributed by atoms with van der Waals surface area (Å²) in [6.07, 6.45) is 2.87. The second-order valence-electron chi connectivity index (χ2n) is 14.3. The van der Waals surface area contributed by atoms with Crippen molar-refractivity contribution in [1.82, 2.24) is 0 Å². The van der Waals surface area contributed by atoms with Gasteiger partial charge in [0.25, 0.3) is 10.1 Å². The first-order chi connectivity index (χ1) is 19.7. The molecule has 3 saturated heterocycles. The molecule has 5 atom stereocenters. The second kappa shape index (κ2) is 9.25. The van der Waals surface area contributed by atoms with Crippen LogP contribution in [0.15, 0.2) is 17.0 Å². The van der Waals surface area contributed by atoms with Gasteiger partial charge in [-0.15, -0.1) is 0 Å². The number of benzene rings is 1. The molecule has 228 valence electrons. The molecule has 4 saturated carbocycles. The third kappa shape index (κ3) is 4.02. The highest BCUT2D eigenvalue weighted by atomic mass is 32.2. The monoisotopic (exact) mass is 602 g/mol. The maximum absolute atomic E-state index is 13.7. The Labute approximate surface area is 245 Å². The minimum atomic E-state index is -4.55. The van der Waals surface area contributed by atoms with E-state index in [9.17, 15) is 27.4 Å². The molecule has 0 spiro atoms. The Hall–Kier alpha value is -2.50. The van der Waals surface area contributed by atoms with Crippen LogP contribution in [0.3, 0.4) is 0 Å². The molecule has 0 amide bonds. The Morgan fingerprint density at radius 1 is 0.929 bits per heavy atom. The molecule has 7 aliphatic rings. The molecule has 0 radical (unpaired) electrons. The molecular formula is C31H38O10S. The van der Waals surface area contributed by atoms with Crippen LogP contribution in [0, 0.1) is 28.6 Å². The smallest absolute Gasteiger partial charge is 0.331 e. The third-order valence-corrected chi connectivity index (χ3v) is 11.8. The summed E-state index contributed by atoms with van der Waals surface area (Å²) >= 11 is 0. The number of carbonyl (C=O) groups is 3.